The van der Waals surface area contributed by atoms with Crippen molar-refractivity contribution in [2.24, 2.45) is 29.1 Å². The molecule has 0 radical (unpaired) electrons. The summed E-state index contributed by atoms with van der Waals surface area (Å²) in [5.74, 6) is 3.07. The summed E-state index contributed by atoms with van der Waals surface area (Å²) in [6.07, 6.45) is 9.61. The van der Waals surface area contributed by atoms with Crippen LogP contribution in [-0.2, 0) is 9.59 Å². The van der Waals surface area contributed by atoms with Crippen molar-refractivity contribution in [1.82, 2.24) is 0 Å². The van der Waals surface area contributed by atoms with Crippen molar-refractivity contribution in [3.63, 3.8) is 0 Å². The first-order valence-corrected chi connectivity index (χ1v) is 9.01. The van der Waals surface area contributed by atoms with Gasteiger partial charge in [-0.15, -0.1) is 0 Å². The molecule has 4 unspecified atom stereocenters. The summed E-state index contributed by atoms with van der Waals surface area (Å²) in [4.78, 5) is 24.3. The van der Waals surface area contributed by atoms with Gasteiger partial charge >= 0.3 is 0 Å². The molecule has 0 bridgehead atoms. The molecule has 0 aromatic rings. The van der Waals surface area contributed by atoms with Gasteiger partial charge in [0, 0.05) is 18.3 Å². The lowest BCUT2D eigenvalue weighted by molar-refractivity contribution is -0.130. The number of fused-ring (bicyclic) bond motifs is 5. The van der Waals surface area contributed by atoms with Crippen molar-refractivity contribution in [1.29, 1.82) is 0 Å². The third-order valence-electron chi connectivity index (χ3n) is 7.29. The first kappa shape index (κ1) is 14.4. The van der Waals surface area contributed by atoms with Crippen molar-refractivity contribution in [2.45, 2.75) is 58.3 Å². The zero-order chi connectivity index (χ0) is 15.5. The second-order valence-corrected chi connectivity index (χ2v) is 7.97. The Kier molecular flexibility index (Phi) is 3.22. The first-order chi connectivity index (χ1) is 10.6. The number of rotatable bonds is 1. The molecular weight excluding hydrogens is 272 g/mol. The molecule has 118 valence electrons. The van der Waals surface area contributed by atoms with Gasteiger partial charge in [-0.05, 0) is 68.3 Å². The molecule has 0 N–H and O–H groups in total. The van der Waals surface area contributed by atoms with Gasteiger partial charge < -0.3 is 0 Å². The number of hydrogen-bond donors (Lipinski definition) is 0. The van der Waals surface area contributed by atoms with E-state index in [1.54, 1.807) is 0 Å². The van der Waals surface area contributed by atoms with Crippen molar-refractivity contribution in [2.75, 3.05) is 0 Å². The summed E-state index contributed by atoms with van der Waals surface area (Å²) in [5.41, 5.74) is 2.60. The van der Waals surface area contributed by atoms with Crippen LogP contribution in [0.25, 0.3) is 0 Å². The highest BCUT2D eigenvalue weighted by molar-refractivity contribution is 5.91. The molecular formula is C20H26O2. The molecule has 4 aliphatic carbocycles. The summed E-state index contributed by atoms with van der Waals surface area (Å²) in [6, 6.07) is 0. The van der Waals surface area contributed by atoms with Gasteiger partial charge in [-0.3, -0.25) is 9.59 Å². The lowest BCUT2D eigenvalue weighted by Crippen LogP contribution is -2.48. The summed E-state index contributed by atoms with van der Waals surface area (Å²) in [6.45, 7) is 6.62. The molecule has 4 aliphatic rings. The summed E-state index contributed by atoms with van der Waals surface area (Å²) >= 11 is 0. The third kappa shape index (κ3) is 1.79. The van der Waals surface area contributed by atoms with Gasteiger partial charge in [-0.25, -0.2) is 0 Å². The van der Waals surface area contributed by atoms with E-state index in [1.165, 1.54) is 11.1 Å². The molecule has 0 aromatic carbocycles. The molecule has 4 rings (SSSR count). The molecule has 0 saturated heterocycles. The van der Waals surface area contributed by atoms with Gasteiger partial charge in [-0.1, -0.05) is 24.6 Å². The lowest BCUT2D eigenvalue weighted by Gasteiger charge is -2.53. The molecule has 0 aliphatic heterocycles. The van der Waals surface area contributed by atoms with E-state index in [9.17, 15) is 9.59 Å². The van der Waals surface area contributed by atoms with Gasteiger partial charge in [-0.2, -0.15) is 0 Å². The molecule has 22 heavy (non-hydrogen) atoms. The van der Waals surface area contributed by atoms with Crippen LogP contribution in [0.3, 0.4) is 0 Å². The van der Waals surface area contributed by atoms with Gasteiger partial charge in [0.25, 0.3) is 0 Å². The predicted molar refractivity (Wildman–Crippen MR) is 86.2 cm³/mol. The first-order valence-electron chi connectivity index (χ1n) is 9.01. The highest BCUT2D eigenvalue weighted by atomic mass is 16.1. The van der Waals surface area contributed by atoms with Gasteiger partial charge in [0.1, 0.15) is 5.78 Å². The zero-order valence-corrected chi connectivity index (χ0v) is 13.6. The topological polar surface area (TPSA) is 34.1 Å². The molecule has 2 heteroatoms. The number of ketones is 2. The Morgan fingerprint density at radius 3 is 2.77 bits per heavy atom. The Morgan fingerprint density at radius 2 is 2.00 bits per heavy atom. The number of allylic oxidation sites excluding steroid dienone is 2. The molecule has 2 nitrogen and oxygen atoms in total. The van der Waals surface area contributed by atoms with Crippen LogP contribution in [0.4, 0.5) is 0 Å². The normalized spacial score (nSPS) is 44.2. The second-order valence-electron chi connectivity index (χ2n) is 7.97. The fraction of sp³-hybridized carbons (Fsp3) is 0.700. The summed E-state index contributed by atoms with van der Waals surface area (Å²) in [7, 11) is 0. The molecule has 3 fully saturated rings. The highest BCUT2D eigenvalue weighted by Gasteiger charge is 2.58. The van der Waals surface area contributed by atoms with Gasteiger partial charge in [0.2, 0.25) is 0 Å². The van der Waals surface area contributed by atoms with E-state index in [4.69, 9.17) is 0 Å². The van der Waals surface area contributed by atoms with E-state index in [0.29, 0.717) is 41.7 Å². The lowest BCUT2D eigenvalue weighted by atomic mass is 9.50. The quantitative estimate of drug-likeness (QED) is 0.678. The molecule has 3 saturated carbocycles. The van der Waals surface area contributed by atoms with Gasteiger partial charge in [0.15, 0.2) is 5.78 Å². The van der Waals surface area contributed by atoms with E-state index in [1.807, 2.05) is 6.08 Å². The van der Waals surface area contributed by atoms with Crippen molar-refractivity contribution in [3.05, 3.63) is 23.8 Å². The van der Waals surface area contributed by atoms with E-state index in [0.717, 1.165) is 44.9 Å². The van der Waals surface area contributed by atoms with Crippen LogP contribution in [0.15, 0.2) is 23.8 Å². The molecule has 0 spiro atoms. The Morgan fingerprint density at radius 1 is 1.18 bits per heavy atom. The highest BCUT2D eigenvalue weighted by Crippen LogP contribution is 2.63. The minimum Gasteiger partial charge on any atom is -0.299 e. The smallest absolute Gasteiger partial charge is 0.155 e. The molecule has 0 heterocycles. The molecule has 5 atom stereocenters. The molecule has 0 aromatic heterocycles. The number of carbonyl (C=O) groups excluding carboxylic acids is 2. The van der Waals surface area contributed by atoms with Gasteiger partial charge in [0.05, 0.1) is 0 Å². The van der Waals surface area contributed by atoms with E-state index >= 15 is 0 Å². The fourth-order valence-corrected chi connectivity index (χ4v) is 6.37. The molecule has 0 amide bonds. The fourth-order valence-electron chi connectivity index (χ4n) is 6.37. The standard InChI is InChI=1S/C20H26O2/c1-3-20-11-12(2)19-15-7-5-14(21)10-13(15)4-6-16(19)17(20)8-9-18(20)22/h10,15-17,19H,2-9,11H2,1H3/t15?,16?,17?,19?,20-/m0/s1. The van der Waals surface area contributed by atoms with E-state index in [-0.39, 0.29) is 5.41 Å². The minimum atomic E-state index is -0.0933. The Bertz CT molecular complexity index is 585. The maximum Gasteiger partial charge on any atom is 0.155 e. The van der Waals surface area contributed by atoms with E-state index < -0.39 is 0 Å². The monoisotopic (exact) mass is 298 g/mol. The van der Waals surface area contributed by atoms with Crippen molar-refractivity contribution >= 4 is 11.6 Å². The van der Waals surface area contributed by atoms with Crippen LogP contribution in [0.5, 0.6) is 0 Å². The van der Waals surface area contributed by atoms with Crippen molar-refractivity contribution in [3.8, 4) is 0 Å². The third-order valence-corrected chi connectivity index (χ3v) is 7.29. The number of hydrogen-bond acceptors (Lipinski definition) is 2. The maximum atomic E-state index is 12.6. The number of Topliss-reactive ketones (excluding diaryl/α,β-unsaturated/α-hetero) is 1. The van der Waals surface area contributed by atoms with Crippen LogP contribution in [0, 0.1) is 29.1 Å². The maximum absolute atomic E-state index is 12.6. The van der Waals surface area contributed by atoms with Crippen LogP contribution < -0.4 is 0 Å². The van der Waals surface area contributed by atoms with Crippen LogP contribution in [-0.4, -0.2) is 11.6 Å². The van der Waals surface area contributed by atoms with Crippen LogP contribution >= 0.6 is 0 Å². The average molecular weight is 298 g/mol. The number of carbonyl (C=O) groups is 2. The van der Waals surface area contributed by atoms with Crippen molar-refractivity contribution < 1.29 is 9.59 Å². The largest absolute Gasteiger partial charge is 0.299 e. The minimum absolute atomic E-state index is 0.0933. The summed E-state index contributed by atoms with van der Waals surface area (Å²) in [5, 5.41) is 0. The Hall–Kier alpha value is -1.18. The van der Waals surface area contributed by atoms with Crippen LogP contribution in [0.1, 0.15) is 58.3 Å². The zero-order valence-electron chi connectivity index (χ0n) is 13.6. The SMILES string of the molecule is C=C1C[C@]2(CC)C(=O)CCC2C2CCC3=CC(=O)CCC3C12. The Balaban J connectivity index is 1.72. The van der Waals surface area contributed by atoms with E-state index in [2.05, 4.69) is 13.5 Å². The Labute approximate surface area is 133 Å². The predicted octanol–water partition coefficient (Wildman–Crippen LogP) is 4.25. The average Bonchev–Trinajstić information content (AvgIpc) is 2.84. The second kappa shape index (κ2) is 4.91. The van der Waals surface area contributed by atoms with Crippen LogP contribution in [0.2, 0.25) is 0 Å². The summed E-state index contributed by atoms with van der Waals surface area (Å²) < 4.78 is 0.